The summed E-state index contributed by atoms with van der Waals surface area (Å²) in [4.78, 5) is 11.9. The molecule has 0 aliphatic rings. The number of hydrogen-bond acceptors (Lipinski definition) is 3. The lowest BCUT2D eigenvalue weighted by atomic mass is 10.1. The molecule has 0 saturated heterocycles. The normalized spacial score (nSPS) is 10.1. The maximum Gasteiger partial charge on any atom is 0.253 e. The molecule has 1 heterocycles. The average Bonchev–Trinajstić information content (AvgIpc) is 2.44. The van der Waals surface area contributed by atoms with E-state index in [2.05, 4.69) is 0 Å². The Labute approximate surface area is 121 Å². The Morgan fingerprint density at radius 1 is 1.35 bits per heavy atom. The summed E-state index contributed by atoms with van der Waals surface area (Å²) in [5, 5.41) is 8.95. The molecule has 0 radical (unpaired) electrons. The summed E-state index contributed by atoms with van der Waals surface area (Å²) >= 11 is 6.23. The van der Waals surface area contributed by atoms with Crippen LogP contribution in [-0.2, 0) is 7.05 Å². The molecule has 4 nitrogen and oxygen atoms in total. The van der Waals surface area contributed by atoms with Gasteiger partial charge in [0.25, 0.3) is 5.56 Å². The van der Waals surface area contributed by atoms with Crippen molar-refractivity contribution >= 4 is 11.6 Å². The van der Waals surface area contributed by atoms with E-state index in [1.165, 1.54) is 0 Å². The van der Waals surface area contributed by atoms with Crippen LogP contribution in [0.5, 0.6) is 5.75 Å². The molecule has 1 aromatic carbocycles. The van der Waals surface area contributed by atoms with Gasteiger partial charge in [-0.15, -0.1) is 0 Å². The van der Waals surface area contributed by atoms with Crippen LogP contribution >= 0.6 is 11.6 Å². The zero-order valence-electron chi connectivity index (χ0n) is 11.2. The number of hydrogen-bond donors (Lipinski definition) is 0. The van der Waals surface area contributed by atoms with Crippen LogP contribution in [0.3, 0.4) is 0 Å². The second-order valence-electron chi connectivity index (χ2n) is 4.35. The maximum atomic E-state index is 11.9. The van der Waals surface area contributed by atoms with E-state index < -0.39 is 0 Å². The Balaban J connectivity index is 2.47. The van der Waals surface area contributed by atoms with Gasteiger partial charge in [-0.25, -0.2) is 0 Å². The highest BCUT2D eigenvalue weighted by molar-refractivity contribution is 6.33. The SMILES string of the molecule is Cc1ccc(-c2ccc(OCC#N)cc2Cl)n(C)c1=O. The van der Waals surface area contributed by atoms with Crippen LogP contribution in [0.2, 0.25) is 5.02 Å². The van der Waals surface area contributed by atoms with Crippen molar-refractivity contribution < 1.29 is 4.74 Å². The highest BCUT2D eigenvalue weighted by Crippen LogP contribution is 2.30. The maximum absolute atomic E-state index is 11.9. The fraction of sp³-hybridized carbons (Fsp3) is 0.200. The smallest absolute Gasteiger partial charge is 0.253 e. The number of ether oxygens (including phenoxy) is 1. The summed E-state index contributed by atoms with van der Waals surface area (Å²) in [7, 11) is 1.71. The first-order valence-electron chi connectivity index (χ1n) is 6.01. The van der Waals surface area contributed by atoms with Crippen LogP contribution < -0.4 is 10.3 Å². The van der Waals surface area contributed by atoms with E-state index in [9.17, 15) is 4.79 Å². The van der Waals surface area contributed by atoms with Gasteiger partial charge >= 0.3 is 0 Å². The van der Waals surface area contributed by atoms with E-state index in [1.807, 2.05) is 12.1 Å². The lowest BCUT2D eigenvalue weighted by Crippen LogP contribution is -2.20. The largest absolute Gasteiger partial charge is 0.479 e. The quantitative estimate of drug-likeness (QED) is 0.872. The van der Waals surface area contributed by atoms with Crippen molar-refractivity contribution in [3.63, 3.8) is 0 Å². The number of benzene rings is 1. The first kappa shape index (κ1) is 14.2. The van der Waals surface area contributed by atoms with E-state index in [1.54, 1.807) is 42.8 Å². The van der Waals surface area contributed by atoms with Gasteiger partial charge in [0.2, 0.25) is 0 Å². The summed E-state index contributed by atoms with van der Waals surface area (Å²) in [5.41, 5.74) is 2.11. The fourth-order valence-corrected chi connectivity index (χ4v) is 2.21. The van der Waals surface area contributed by atoms with Gasteiger partial charge in [-0.05, 0) is 31.2 Å². The number of aromatic nitrogens is 1. The van der Waals surface area contributed by atoms with Gasteiger partial charge in [0.15, 0.2) is 6.61 Å². The molecule has 102 valence electrons. The minimum absolute atomic E-state index is 0.0291. The Kier molecular flexibility index (Phi) is 4.11. The number of nitriles is 1. The summed E-state index contributed by atoms with van der Waals surface area (Å²) in [5.74, 6) is 0.525. The van der Waals surface area contributed by atoms with Crippen LogP contribution in [0, 0.1) is 18.3 Å². The monoisotopic (exact) mass is 288 g/mol. The second kappa shape index (κ2) is 5.81. The molecule has 0 fully saturated rings. The standard InChI is InChI=1S/C15H13ClN2O2/c1-10-3-6-14(18(2)15(10)19)12-5-4-11(9-13(12)16)20-8-7-17/h3-6,9H,8H2,1-2H3. The molecule has 0 spiro atoms. The van der Waals surface area contributed by atoms with Crippen molar-refractivity contribution in [1.82, 2.24) is 4.57 Å². The highest BCUT2D eigenvalue weighted by Gasteiger charge is 2.10. The molecule has 20 heavy (non-hydrogen) atoms. The first-order chi connectivity index (χ1) is 9.54. The molecule has 0 unspecified atom stereocenters. The van der Waals surface area contributed by atoms with Crippen molar-refractivity contribution in [2.75, 3.05) is 6.61 Å². The molecule has 0 N–H and O–H groups in total. The van der Waals surface area contributed by atoms with E-state index in [4.69, 9.17) is 21.6 Å². The van der Waals surface area contributed by atoms with Gasteiger partial charge < -0.3 is 9.30 Å². The minimum Gasteiger partial charge on any atom is -0.479 e. The average molecular weight is 289 g/mol. The molecule has 1 aromatic heterocycles. The lowest BCUT2D eigenvalue weighted by Gasteiger charge is -2.12. The third-order valence-electron chi connectivity index (χ3n) is 3.01. The zero-order chi connectivity index (χ0) is 14.7. The number of rotatable bonds is 3. The van der Waals surface area contributed by atoms with Crippen LogP contribution in [0.1, 0.15) is 5.56 Å². The predicted octanol–water partition coefficient (Wildman–Crippen LogP) is 2.92. The van der Waals surface area contributed by atoms with Crippen LogP contribution in [0.25, 0.3) is 11.3 Å². The molecule has 0 atom stereocenters. The van der Waals surface area contributed by atoms with Crippen molar-refractivity contribution in [2.45, 2.75) is 6.92 Å². The van der Waals surface area contributed by atoms with E-state index >= 15 is 0 Å². The van der Waals surface area contributed by atoms with Crippen molar-refractivity contribution in [3.05, 3.63) is 51.3 Å². The Bertz CT molecular complexity index is 745. The Morgan fingerprint density at radius 3 is 2.75 bits per heavy atom. The minimum atomic E-state index is -0.0524. The van der Waals surface area contributed by atoms with Gasteiger partial charge in [0, 0.05) is 18.2 Å². The highest BCUT2D eigenvalue weighted by atomic mass is 35.5. The Hall–Kier alpha value is -2.25. The summed E-state index contributed by atoms with van der Waals surface area (Å²) in [6.45, 7) is 1.74. The summed E-state index contributed by atoms with van der Waals surface area (Å²) in [6.07, 6.45) is 0. The topological polar surface area (TPSA) is 55.0 Å². The number of halogens is 1. The molecule has 0 aliphatic heterocycles. The summed E-state index contributed by atoms with van der Waals surface area (Å²) in [6, 6.07) is 10.7. The third-order valence-corrected chi connectivity index (χ3v) is 3.33. The van der Waals surface area contributed by atoms with E-state index in [0.29, 0.717) is 16.3 Å². The van der Waals surface area contributed by atoms with Crippen LogP contribution in [-0.4, -0.2) is 11.2 Å². The molecule has 0 saturated carbocycles. The number of aryl methyl sites for hydroxylation is 1. The van der Waals surface area contributed by atoms with Crippen molar-refractivity contribution in [1.29, 1.82) is 5.26 Å². The van der Waals surface area contributed by atoms with Gasteiger partial charge in [-0.2, -0.15) is 5.26 Å². The van der Waals surface area contributed by atoms with Crippen LogP contribution in [0.15, 0.2) is 35.1 Å². The summed E-state index contributed by atoms with van der Waals surface area (Å²) < 4.78 is 6.75. The number of nitrogens with zero attached hydrogens (tertiary/aromatic N) is 2. The second-order valence-corrected chi connectivity index (χ2v) is 4.76. The van der Waals surface area contributed by atoms with Crippen LogP contribution in [0.4, 0.5) is 0 Å². The third kappa shape index (κ3) is 2.68. The van der Waals surface area contributed by atoms with E-state index in [0.717, 1.165) is 11.3 Å². The van der Waals surface area contributed by atoms with Gasteiger partial charge in [0.05, 0.1) is 10.7 Å². The van der Waals surface area contributed by atoms with Crippen molar-refractivity contribution in [2.24, 2.45) is 7.05 Å². The lowest BCUT2D eigenvalue weighted by molar-refractivity contribution is 0.368. The molecular weight excluding hydrogens is 276 g/mol. The van der Waals surface area contributed by atoms with E-state index in [-0.39, 0.29) is 12.2 Å². The van der Waals surface area contributed by atoms with Gasteiger partial charge in [-0.1, -0.05) is 17.7 Å². The first-order valence-corrected chi connectivity index (χ1v) is 6.38. The fourth-order valence-electron chi connectivity index (χ4n) is 1.94. The van der Waals surface area contributed by atoms with Gasteiger partial charge in [-0.3, -0.25) is 4.79 Å². The molecule has 2 aromatic rings. The zero-order valence-corrected chi connectivity index (χ0v) is 11.9. The molecule has 2 rings (SSSR count). The van der Waals surface area contributed by atoms with Crippen molar-refractivity contribution in [3.8, 4) is 23.1 Å². The molecular formula is C15H13ClN2O2. The predicted molar refractivity (Wildman–Crippen MR) is 78.0 cm³/mol. The molecule has 0 amide bonds. The molecule has 0 bridgehead atoms. The molecule has 0 aliphatic carbocycles. The van der Waals surface area contributed by atoms with Gasteiger partial charge in [0.1, 0.15) is 11.8 Å². The molecule has 5 heteroatoms. The Morgan fingerprint density at radius 2 is 2.10 bits per heavy atom. The number of pyridine rings is 1.